The van der Waals surface area contributed by atoms with Gasteiger partial charge < -0.3 is 20.5 Å². The molecule has 3 N–H and O–H groups in total. The van der Waals surface area contributed by atoms with Crippen LogP contribution >= 0.6 is 0 Å². The predicted molar refractivity (Wildman–Crippen MR) is 124 cm³/mol. The van der Waals surface area contributed by atoms with Crippen LogP contribution in [0.5, 0.6) is 5.88 Å². The fraction of sp³-hybridized carbons (Fsp3) is 0.480. The lowest BCUT2D eigenvalue weighted by molar-refractivity contribution is -0.122. The van der Waals surface area contributed by atoms with Crippen LogP contribution in [-0.4, -0.2) is 65.6 Å². The van der Waals surface area contributed by atoms with Crippen molar-refractivity contribution in [2.24, 2.45) is 0 Å². The van der Waals surface area contributed by atoms with Gasteiger partial charge in [0.15, 0.2) is 0 Å². The molecule has 0 radical (unpaired) electrons. The number of hydrogen-bond donors (Lipinski definition) is 3. The second-order valence-corrected chi connectivity index (χ2v) is 9.27. The summed E-state index contributed by atoms with van der Waals surface area (Å²) in [6.07, 6.45) is 4.73. The molecule has 1 aliphatic heterocycles. The highest BCUT2D eigenvalue weighted by Gasteiger charge is 2.40. The van der Waals surface area contributed by atoms with Gasteiger partial charge in [0.05, 0.1) is 25.3 Å². The summed E-state index contributed by atoms with van der Waals surface area (Å²) in [4.78, 5) is 30.9. The average molecular weight is 471 g/mol. The zero-order chi connectivity index (χ0) is 24.3. The van der Waals surface area contributed by atoms with Crippen LogP contribution in [0.15, 0.2) is 36.5 Å². The molecule has 0 spiro atoms. The van der Waals surface area contributed by atoms with Crippen LogP contribution in [0.4, 0.5) is 4.39 Å². The molecule has 2 aliphatic rings. The molecular weight excluding hydrogens is 439 g/mol. The topological polar surface area (TPSA) is 104 Å². The van der Waals surface area contributed by atoms with E-state index in [-0.39, 0.29) is 24.1 Å². The number of rotatable bonds is 7. The summed E-state index contributed by atoms with van der Waals surface area (Å²) in [5.41, 5.74) is 0.789. The third kappa shape index (κ3) is 5.53. The number of amides is 2. The van der Waals surface area contributed by atoms with Crippen LogP contribution in [0, 0.1) is 12.7 Å². The van der Waals surface area contributed by atoms with E-state index in [0.29, 0.717) is 30.3 Å². The van der Waals surface area contributed by atoms with Crippen molar-refractivity contribution in [3.63, 3.8) is 0 Å². The van der Waals surface area contributed by atoms with Crippen molar-refractivity contribution in [3.8, 4) is 5.88 Å². The number of ether oxygens (including phenoxy) is 1. The Kier molecular flexibility index (Phi) is 7.13. The highest BCUT2D eigenvalue weighted by atomic mass is 19.1. The van der Waals surface area contributed by atoms with E-state index in [0.717, 1.165) is 37.6 Å². The Balaban J connectivity index is 1.17. The number of pyridine rings is 1. The molecule has 1 aromatic heterocycles. The number of methoxy groups -OCH3 is 1. The third-order valence-corrected chi connectivity index (χ3v) is 6.77. The van der Waals surface area contributed by atoms with Gasteiger partial charge in [0, 0.05) is 42.5 Å². The number of carbonyl (C=O) groups excluding carboxylic acids is 2. The lowest BCUT2D eigenvalue weighted by Crippen LogP contribution is -2.63. The SMILES string of the molecule is COc1ccc([C@]2(O)CC[C@H](N3CC(NC(=O)CNC(=O)c4cc(C)cc(F)c4)C3)CC2)cn1. The first-order chi connectivity index (χ1) is 16.3. The van der Waals surface area contributed by atoms with Gasteiger partial charge in [0.1, 0.15) is 5.82 Å². The second-order valence-electron chi connectivity index (χ2n) is 9.27. The fourth-order valence-corrected chi connectivity index (χ4v) is 4.82. The van der Waals surface area contributed by atoms with Gasteiger partial charge in [-0.1, -0.05) is 0 Å². The monoisotopic (exact) mass is 470 g/mol. The number of hydrogen-bond acceptors (Lipinski definition) is 6. The van der Waals surface area contributed by atoms with E-state index >= 15 is 0 Å². The van der Waals surface area contributed by atoms with Crippen molar-refractivity contribution in [2.45, 2.75) is 50.3 Å². The van der Waals surface area contributed by atoms with E-state index in [1.54, 1.807) is 32.4 Å². The Morgan fingerprint density at radius 2 is 1.97 bits per heavy atom. The van der Waals surface area contributed by atoms with E-state index < -0.39 is 17.3 Å². The molecule has 34 heavy (non-hydrogen) atoms. The molecule has 2 heterocycles. The molecule has 1 aromatic carbocycles. The van der Waals surface area contributed by atoms with Crippen molar-refractivity contribution in [1.82, 2.24) is 20.5 Å². The van der Waals surface area contributed by atoms with E-state index in [2.05, 4.69) is 20.5 Å². The van der Waals surface area contributed by atoms with Gasteiger partial charge in [-0.05, 0) is 62.4 Å². The fourth-order valence-electron chi connectivity index (χ4n) is 4.82. The number of likely N-dealkylation sites (tertiary alicyclic amines) is 1. The number of nitrogens with zero attached hydrogens (tertiary/aromatic N) is 2. The smallest absolute Gasteiger partial charge is 0.251 e. The van der Waals surface area contributed by atoms with Crippen molar-refractivity contribution in [1.29, 1.82) is 0 Å². The van der Waals surface area contributed by atoms with E-state index in [4.69, 9.17) is 4.74 Å². The second kappa shape index (κ2) is 10.1. The van der Waals surface area contributed by atoms with Gasteiger partial charge in [0.25, 0.3) is 5.91 Å². The van der Waals surface area contributed by atoms with Crippen molar-refractivity contribution < 1.29 is 23.8 Å². The number of halogens is 1. The van der Waals surface area contributed by atoms with Crippen molar-refractivity contribution in [3.05, 3.63) is 59.0 Å². The molecule has 0 bridgehead atoms. The van der Waals surface area contributed by atoms with Gasteiger partial charge in [-0.15, -0.1) is 0 Å². The summed E-state index contributed by atoms with van der Waals surface area (Å²) in [5.74, 6) is -0.699. The first kappa shape index (κ1) is 24.1. The molecule has 1 saturated carbocycles. The van der Waals surface area contributed by atoms with Crippen LogP contribution in [0.3, 0.4) is 0 Å². The normalized spacial score (nSPS) is 23.1. The molecule has 1 aliphatic carbocycles. The highest BCUT2D eigenvalue weighted by Crippen LogP contribution is 2.39. The maximum absolute atomic E-state index is 13.5. The minimum absolute atomic E-state index is 0.0346. The zero-order valence-corrected chi connectivity index (χ0v) is 19.5. The number of aromatic nitrogens is 1. The van der Waals surface area contributed by atoms with Crippen LogP contribution in [-0.2, 0) is 10.4 Å². The Labute approximate surface area is 198 Å². The standard InChI is InChI=1S/C25H31FN4O4/c1-16-9-17(11-19(26)10-16)24(32)28-13-22(31)29-20-14-30(15-20)21-5-7-25(33,8-6-21)18-3-4-23(34-2)27-12-18/h3-4,9-12,20-21,33H,5-8,13-15H2,1-2H3,(H,28,32)(H,29,31)/t21-,25-. The summed E-state index contributed by atoms with van der Waals surface area (Å²) in [5, 5.41) is 16.5. The number of nitrogens with one attached hydrogen (secondary N) is 2. The van der Waals surface area contributed by atoms with Crippen molar-refractivity contribution in [2.75, 3.05) is 26.7 Å². The quantitative estimate of drug-likeness (QED) is 0.571. The summed E-state index contributed by atoms with van der Waals surface area (Å²) in [6, 6.07) is 8.12. The molecule has 8 nitrogen and oxygen atoms in total. The largest absolute Gasteiger partial charge is 0.481 e. The predicted octanol–water partition coefficient (Wildman–Crippen LogP) is 1.90. The molecule has 4 rings (SSSR count). The molecule has 2 fully saturated rings. The summed E-state index contributed by atoms with van der Waals surface area (Å²) in [6.45, 7) is 3.04. The Morgan fingerprint density at radius 3 is 2.59 bits per heavy atom. The van der Waals surface area contributed by atoms with Crippen LogP contribution < -0.4 is 15.4 Å². The average Bonchev–Trinajstić information content (AvgIpc) is 2.80. The molecule has 0 atom stereocenters. The molecular formula is C25H31FN4O4. The maximum atomic E-state index is 13.5. The van der Waals surface area contributed by atoms with Gasteiger partial charge >= 0.3 is 0 Å². The molecule has 1 saturated heterocycles. The van der Waals surface area contributed by atoms with E-state index in [1.807, 2.05) is 6.07 Å². The molecule has 9 heteroatoms. The minimum atomic E-state index is -0.868. The molecule has 182 valence electrons. The Hall–Kier alpha value is -3.04. The first-order valence-corrected chi connectivity index (χ1v) is 11.6. The van der Waals surface area contributed by atoms with Crippen LogP contribution in [0.1, 0.15) is 47.2 Å². The van der Waals surface area contributed by atoms with Crippen LogP contribution in [0.2, 0.25) is 0 Å². The molecule has 2 aromatic rings. The van der Waals surface area contributed by atoms with Gasteiger partial charge in [-0.25, -0.2) is 9.37 Å². The summed E-state index contributed by atoms with van der Waals surface area (Å²) in [7, 11) is 1.56. The Bertz CT molecular complexity index is 1010. The maximum Gasteiger partial charge on any atom is 0.251 e. The lowest BCUT2D eigenvalue weighted by Gasteiger charge is -2.48. The van der Waals surface area contributed by atoms with Gasteiger partial charge in [-0.2, -0.15) is 0 Å². The van der Waals surface area contributed by atoms with Gasteiger partial charge in [-0.3, -0.25) is 14.5 Å². The summed E-state index contributed by atoms with van der Waals surface area (Å²) >= 11 is 0. The van der Waals surface area contributed by atoms with E-state index in [9.17, 15) is 19.1 Å². The first-order valence-electron chi connectivity index (χ1n) is 11.6. The third-order valence-electron chi connectivity index (χ3n) is 6.77. The lowest BCUT2D eigenvalue weighted by atomic mass is 9.77. The highest BCUT2D eigenvalue weighted by molar-refractivity contribution is 5.96. The van der Waals surface area contributed by atoms with Crippen molar-refractivity contribution >= 4 is 11.8 Å². The number of aryl methyl sites for hydroxylation is 1. The zero-order valence-electron chi connectivity index (χ0n) is 19.5. The minimum Gasteiger partial charge on any atom is -0.481 e. The number of aliphatic hydroxyl groups is 1. The molecule has 0 unspecified atom stereocenters. The van der Waals surface area contributed by atoms with Gasteiger partial charge in [0.2, 0.25) is 11.8 Å². The Morgan fingerprint density at radius 1 is 1.24 bits per heavy atom. The molecule has 2 amide bonds. The number of benzene rings is 1. The van der Waals surface area contributed by atoms with E-state index in [1.165, 1.54) is 6.07 Å². The number of carbonyl (C=O) groups is 2. The van der Waals surface area contributed by atoms with Crippen LogP contribution in [0.25, 0.3) is 0 Å². The summed E-state index contributed by atoms with van der Waals surface area (Å²) < 4.78 is 18.6.